The van der Waals surface area contributed by atoms with Crippen molar-refractivity contribution in [2.24, 2.45) is 4.99 Å². The Kier molecular flexibility index (Phi) is 11.8. The van der Waals surface area contributed by atoms with Crippen LogP contribution < -0.4 is 10.6 Å². The second-order valence-corrected chi connectivity index (χ2v) is 7.63. The number of rotatable bonds is 7. The predicted molar refractivity (Wildman–Crippen MR) is 115 cm³/mol. The summed E-state index contributed by atoms with van der Waals surface area (Å²) in [6.45, 7) is 6.67. The van der Waals surface area contributed by atoms with Crippen LogP contribution in [0.4, 0.5) is 0 Å². The predicted octanol–water partition coefficient (Wildman–Crippen LogP) is 2.29. The Morgan fingerprint density at radius 3 is 2.38 bits per heavy atom. The summed E-state index contributed by atoms with van der Waals surface area (Å²) in [5.74, 6) is 0.452. The fraction of sp³-hybridized carbons (Fsp3) is 0.833. The average molecular weight is 482 g/mol. The largest absolute Gasteiger partial charge is 0.462 e. The first-order valence-electron chi connectivity index (χ1n) is 9.13. The molecule has 0 atom stereocenters. The molecular weight excluding hydrogens is 447 g/mol. The van der Waals surface area contributed by atoms with Gasteiger partial charge in [-0.05, 0) is 52.9 Å². The van der Waals surface area contributed by atoms with Crippen LogP contribution in [-0.4, -0.2) is 61.6 Å². The number of carbonyl (C=O) groups excluding carboxylic acids is 2. The minimum atomic E-state index is -0.255. The number of likely N-dealkylation sites (N-methyl/N-ethyl adjacent to an activating group) is 1. The number of amides is 1. The van der Waals surface area contributed by atoms with Gasteiger partial charge in [0.1, 0.15) is 6.10 Å². The molecule has 152 valence electrons. The Labute approximate surface area is 174 Å². The van der Waals surface area contributed by atoms with Crippen LogP contribution in [0.15, 0.2) is 4.99 Å². The van der Waals surface area contributed by atoms with Crippen LogP contribution in [0, 0.1) is 0 Å². The average Bonchev–Trinajstić information content (AvgIpc) is 2.97. The standard InChI is InChI=1S/C18H34N4O3.HI/c1-18(2,3)21-15(23)13-22(5)17(19-4)20-12-8-11-16(24)25-14-9-6-7-10-14;/h14H,6-13H2,1-5H3,(H,19,20)(H,21,23);1H. The number of nitrogens with zero attached hydrogens (tertiary/aromatic N) is 2. The molecule has 0 aromatic carbocycles. The van der Waals surface area contributed by atoms with Gasteiger partial charge < -0.3 is 20.3 Å². The molecule has 1 saturated carbocycles. The maximum atomic E-state index is 12.0. The normalized spacial score (nSPS) is 15.2. The third-order valence-electron chi connectivity index (χ3n) is 3.91. The van der Waals surface area contributed by atoms with Crippen molar-refractivity contribution in [1.82, 2.24) is 15.5 Å². The van der Waals surface area contributed by atoms with Crippen molar-refractivity contribution in [3.05, 3.63) is 0 Å². The van der Waals surface area contributed by atoms with E-state index in [0.717, 1.165) is 25.7 Å². The smallest absolute Gasteiger partial charge is 0.306 e. The number of guanidine groups is 1. The second-order valence-electron chi connectivity index (χ2n) is 7.63. The third-order valence-corrected chi connectivity index (χ3v) is 3.91. The molecular formula is C18H35IN4O3. The van der Waals surface area contributed by atoms with Crippen LogP contribution in [0.1, 0.15) is 59.3 Å². The third kappa shape index (κ3) is 10.8. The van der Waals surface area contributed by atoms with Crippen LogP contribution >= 0.6 is 24.0 Å². The molecule has 0 saturated heterocycles. The van der Waals surface area contributed by atoms with Gasteiger partial charge in [-0.3, -0.25) is 14.6 Å². The van der Waals surface area contributed by atoms with E-state index in [4.69, 9.17) is 4.74 Å². The summed E-state index contributed by atoms with van der Waals surface area (Å²) in [5.41, 5.74) is -0.255. The molecule has 0 aromatic rings. The van der Waals surface area contributed by atoms with Gasteiger partial charge in [-0.1, -0.05) is 0 Å². The number of hydrogen-bond acceptors (Lipinski definition) is 4. The number of ether oxygens (including phenoxy) is 1. The lowest BCUT2D eigenvalue weighted by Gasteiger charge is -2.25. The second kappa shape index (κ2) is 12.3. The summed E-state index contributed by atoms with van der Waals surface area (Å²) in [4.78, 5) is 29.7. The number of esters is 1. The highest BCUT2D eigenvalue weighted by atomic mass is 127. The molecule has 8 heteroatoms. The molecule has 1 aliphatic rings. The highest BCUT2D eigenvalue weighted by Gasteiger charge is 2.19. The number of nitrogens with one attached hydrogen (secondary N) is 2. The van der Waals surface area contributed by atoms with Crippen LogP contribution in [0.3, 0.4) is 0 Å². The first-order chi connectivity index (χ1) is 11.7. The summed E-state index contributed by atoms with van der Waals surface area (Å²) < 4.78 is 5.43. The molecule has 0 radical (unpaired) electrons. The van der Waals surface area contributed by atoms with E-state index in [-0.39, 0.29) is 54.0 Å². The first kappa shape index (κ1) is 24.9. The van der Waals surface area contributed by atoms with Gasteiger partial charge in [0.15, 0.2) is 5.96 Å². The molecule has 26 heavy (non-hydrogen) atoms. The van der Waals surface area contributed by atoms with Crippen molar-refractivity contribution in [2.45, 2.75) is 70.9 Å². The maximum Gasteiger partial charge on any atom is 0.306 e. The molecule has 0 aliphatic heterocycles. The van der Waals surface area contributed by atoms with Crippen molar-refractivity contribution >= 4 is 41.8 Å². The van der Waals surface area contributed by atoms with Crippen molar-refractivity contribution in [3.8, 4) is 0 Å². The fourth-order valence-electron chi connectivity index (χ4n) is 2.82. The zero-order chi connectivity index (χ0) is 18.9. The Morgan fingerprint density at radius 1 is 1.23 bits per heavy atom. The molecule has 0 aromatic heterocycles. The molecule has 1 fully saturated rings. The van der Waals surface area contributed by atoms with Crippen molar-refractivity contribution in [1.29, 1.82) is 0 Å². The molecule has 7 nitrogen and oxygen atoms in total. The van der Waals surface area contributed by atoms with Gasteiger partial charge in [0.2, 0.25) is 5.91 Å². The summed E-state index contributed by atoms with van der Waals surface area (Å²) >= 11 is 0. The van der Waals surface area contributed by atoms with Gasteiger partial charge in [0, 0.05) is 32.6 Å². The topological polar surface area (TPSA) is 83.0 Å². The zero-order valence-electron chi connectivity index (χ0n) is 16.8. The summed E-state index contributed by atoms with van der Waals surface area (Å²) in [6, 6.07) is 0. The Morgan fingerprint density at radius 2 is 1.85 bits per heavy atom. The molecule has 0 spiro atoms. The van der Waals surface area contributed by atoms with Crippen molar-refractivity contribution in [3.63, 3.8) is 0 Å². The van der Waals surface area contributed by atoms with E-state index < -0.39 is 0 Å². The van der Waals surface area contributed by atoms with Crippen LogP contribution in [-0.2, 0) is 14.3 Å². The van der Waals surface area contributed by atoms with E-state index in [0.29, 0.717) is 25.3 Å². The maximum absolute atomic E-state index is 12.0. The van der Waals surface area contributed by atoms with E-state index in [9.17, 15) is 9.59 Å². The minimum absolute atomic E-state index is 0. The lowest BCUT2D eigenvalue weighted by molar-refractivity contribution is -0.148. The van der Waals surface area contributed by atoms with Crippen molar-refractivity contribution in [2.75, 3.05) is 27.2 Å². The SMILES string of the molecule is CN=C(NCCCC(=O)OC1CCCC1)N(C)CC(=O)NC(C)(C)C.I. The lowest BCUT2D eigenvalue weighted by Crippen LogP contribution is -2.48. The minimum Gasteiger partial charge on any atom is -0.462 e. The quantitative estimate of drug-likeness (QED) is 0.191. The lowest BCUT2D eigenvalue weighted by atomic mass is 10.1. The van der Waals surface area contributed by atoms with Gasteiger partial charge in [0.05, 0.1) is 6.54 Å². The summed E-state index contributed by atoms with van der Waals surface area (Å²) in [6.07, 6.45) is 5.51. The van der Waals surface area contributed by atoms with Crippen LogP contribution in [0.25, 0.3) is 0 Å². The van der Waals surface area contributed by atoms with Gasteiger partial charge in [-0.25, -0.2) is 0 Å². The Balaban J connectivity index is 0.00000625. The Bertz CT molecular complexity index is 472. The van der Waals surface area contributed by atoms with Gasteiger partial charge in [-0.2, -0.15) is 0 Å². The molecule has 1 aliphatic carbocycles. The molecule has 0 bridgehead atoms. The van der Waals surface area contributed by atoms with Gasteiger partial charge in [-0.15, -0.1) is 24.0 Å². The van der Waals surface area contributed by atoms with E-state index in [1.54, 1.807) is 11.9 Å². The van der Waals surface area contributed by atoms with Gasteiger partial charge >= 0.3 is 5.97 Å². The highest BCUT2D eigenvalue weighted by molar-refractivity contribution is 14.0. The fourth-order valence-corrected chi connectivity index (χ4v) is 2.82. The van der Waals surface area contributed by atoms with E-state index in [1.807, 2.05) is 27.8 Å². The highest BCUT2D eigenvalue weighted by Crippen LogP contribution is 2.21. The monoisotopic (exact) mass is 482 g/mol. The molecule has 2 N–H and O–H groups in total. The van der Waals surface area contributed by atoms with Crippen LogP contribution in [0.2, 0.25) is 0 Å². The van der Waals surface area contributed by atoms with E-state index >= 15 is 0 Å². The van der Waals surface area contributed by atoms with Gasteiger partial charge in [0.25, 0.3) is 0 Å². The molecule has 1 amide bonds. The first-order valence-corrected chi connectivity index (χ1v) is 9.13. The van der Waals surface area contributed by atoms with Crippen LogP contribution in [0.5, 0.6) is 0 Å². The molecule has 0 heterocycles. The summed E-state index contributed by atoms with van der Waals surface area (Å²) in [5, 5.41) is 6.10. The summed E-state index contributed by atoms with van der Waals surface area (Å²) in [7, 11) is 3.49. The Hall–Kier alpha value is -1.06. The number of carbonyl (C=O) groups is 2. The number of halogens is 1. The van der Waals surface area contributed by atoms with Crippen molar-refractivity contribution < 1.29 is 14.3 Å². The van der Waals surface area contributed by atoms with E-state index in [2.05, 4.69) is 15.6 Å². The molecule has 0 unspecified atom stereocenters. The van der Waals surface area contributed by atoms with E-state index in [1.165, 1.54) is 0 Å². The molecule has 1 rings (SSSR count). The number of aliphatic imine (C=N–C) groups is 1. The number of hydrogen-bond donors (Lipinski definition) is 2. The zero-order valence-corrected chi connectivity index (χ0v) is 19.1.